The molecular formula is C15H18N4O2S. The fourth-order valence-electron chi connectivity index (χ4n) is 1.66. The molecule has 22 heavy (non-hydrogen) atoms. The predicted molar refractivity (Wildman–Crippen MR) is 88.0 cm³/mol. The normalized spacial score (nSPS) is 11.8. The molecule has 0 spiro atoms. The molecule has 0 radical (unpaired) electrons. The van der Waals surface area contributed by atoms with Gasteiger partial charge in [-0.1, -0.05) is 20.8 Å². The minimum Gasteiger partial charge on any atom is -0.355 e. The van der Waals surface area contributed by atoms with Crippen LogP contribution in [0.4, 0.5) is 0 Å². The molecule has 0 aliphatic heterocycles. The third-order valence-corrected chi connectivity index (χ3v) is 4.25. The van der Waals surface area contributed by atoms with Gasteiger partial charge in [0.15, 0.2) is 0 Å². The van der Waals surface area contributed by atoms with E-state index in [-0.39, 0.29) is 11.0 Å². The SMILES string of the molecule is CNC(=O)c1cnc(C=Cc2cnc(C(C)(C)C)s2)[nH]c1=O. The molecule has 0 bridgehead atoms. The first-order valence-corrected chi connectivity index (χ1v) is 7.58. The second-order valence-electron chi connectivity index (χ2n) is 5.74. The molecule has 0 aromatic carbocycles. The van der Waals surface area contributed by atoms with Crippen molar-refractivity contribution < 1.29 is 4.79 Å². The van der Waals surface area contributed by atoms with Gasteiger partial charge in [0.05, 0.1) is 5.01 Å². The number of rotatable bonds is 3. The van der Waals surface area contributed by atoms with Gasteiger partial charge >= 0.3 is 0 Å². The van der Waals surface area contributed by atoms with E-state index in [1.807, 2.05) is 6.08 Å². The summed E-state index contributed by atoms with van der Waals surface area (Å²) in [5, 5.41) is 3.44. The molecule has 0 fully saturated rings. The maximum atomic E-state index is 11.8. The maximum absolute atomic E-state index is 11.8. The molecule has 0 saturated heterocycles. The van der Waals surface area contributed by atoms with E-state index in [9.17, 15) is 9.59 Å². The predicted octanol–water partition coefficient (Wildman–Crippen LogP) is 2.05. The van der Waals surface area contributed by atoms with Gasteiger partial charge in [-0.15, -0.1) is 11.3 Å². The van der Waals surface area contributed by atoms with Crippen molar-refractivity contribution in [1.82, 2.24) is 20.3 Å². The van der Waals surface area contributed by atoms with E-state index in [4.69, 9.17) is 0 Å². The zero-order valence-electron chi connectivity index (χ0n) is 12.9. The molecule has 0 saturated carbocycles. The van der Waals surface area contributed by atoms with E-state index in [2.05, 4.69) is 41.0 Å². The van der Waals surface area contributed by atoms with Crippen molar-refractivity contribution >= 4 is 29.4 Å². The van der Waals surface area contributed by atoms with E-state index in [1.54, 1.807) is 23.6 Å². The first-order valence-electron chi connectivity index (χ1n) is 6.77. The maximum Gasteiger partial charge on any atom is 0.263 e. The third kappa shape index (κ3) is 3.67. The van der Waals surface area contributed by atoms with Gasteiger partial charge in [-0.05, 0) is 12.2 Å². The van der Waals surface area contributed by atoms with Crippen LogP contribution in [0.2, 0.25) is 0 Å². The van der Waals surface area contributed by atoms with E-state index >= 15 is 0 Å². The number of H-pyrrole nitrogens is 1. The van der Waals surface area contributed by atoms with Crippen LogP contribution in [0.5, 0.6) is 0 Å². The van der Waals surface area contributed by atoms with Crippen molar-refractivity contribution in [1.29, 1.82) is 0 Å². The van der Waals surface area contributed by atoms with Gasteiger partial charge in [0.1, 0.15) is 11.4 Å². The summed E-state index contributed by atoms with van der Waals surface area (Å²) in [6.45, 7) is 6.32. The van der Waals surface area contributed by atoms with Crippen LogP contribution in [-0.4, -0.2) is 27.9 Å². The summed E-state index contributed by atoms with van der Waals surface area (Å²) in [4.78, 5) is 35.2. The lowest BCUT2D eigenvalue weighted by molar-refractivity contribution is 0.0961. The van der Waals surface area contributed by atoms with E-state index in [0.29, 0.717) is 5.82 Å². The fourth-order valence-corrected chi connectivity index (χ4v) is 2.54. The number of carbonyl (C=O) groups excluding carboxylic acids is 1. The first kappa shape index (κ1) is 16.1. The summed E-state index contributed by atoms with van der Waals surface area (Å²) in [5.74, 6) is -0.0649. The molecular weight excluding hydrogens is 300 g/mol. The van der Waals surface area contributed by atoms with Gasteiger partial charge in [0.2, 0.25) is 0 Å². The topological polar surface area (TPSA) is 87.7 Å². The van der Waals surface area contributed by atoms with Crippen molar-refractivity contribution in [3.05, 3.63) is 44.0 Å². The van der Waals surface area contributed by atoms with Gasteiger partial charge in [0, 0.05) is 29.7 Å². The Morgan fingerprint density at radius 3 is 2.55 bits per heavy atom. The number of hydrogen-bond acceptors (Lipinski definition) is 5. The summed E-state index contributed by atoms with van der Waals surface area (Å²) in [5.41, 5.74) is -0.459. The minimum absolute atomic E-state index is 0.00698. The van der Waals surface area contributed by atoms with Crippen LogP contribution in [0.3, 0.4) is 0 Å². The van der Waals surface area contributed by atoms with E-state index in [0.717, 1.165) is 9.88 Å². The Morgan fingerprint density at radius 2 is 2.00 bits per heavy atom. The third-order valence-electron chi connectivity index (χ3n) is 2.86. The number of amides is 1. The Labute approximate surface area is 132 Å². The zero-order chi connectivity index (χ0) is 16.3. The van der Waals surface area contributed by atoms with Gasteiger partial charge in [-0.3, -0.25) is 9.59 Å². The van der Waals surface area contributed by atoms with Crippen LogP contribution >= 0.6 is 11.3 Å². The summed E-state index contributed by atoms with van der Waals surface area (Å²) in [6.07, 6.45) is 6.59. The van der Waals surface area contributed by atoms with Crippen molar-refractivity contribution in [2.45, 2.75) is 26.2 Å². The number of hydrogen-bond donors (Lipinski definition) is 2. The molecule has 2 heterocycles. The van der Waals surface area contributed by atoms with Crippen molar-refractivity contribution in [2.75, 3.05) is 7.05 Å². The highest BCUT2D eigenvalue weighted by Gasteiger charge is 2.17. The molecule has 0 aliphatic carbocycles. The van der Waals surface area contributed by atoms with Crippen LogP contribution in [0.15, 0.2) is 17.2 Å². The lowest BCUT2D eigenvalue weighted by Crippen LogP contribution is -2.27. The van der Waals surface area contributed by atoms with Crippen molar-refractivity contribution in [3.63, 3.8) is 0 Å². The summed E-state index contributed by atoms with van der Waals surface area (Å²) < 4.78 is 0. The van der Waals surface area contributed by atoms with Gasteiger partial charge in [0.25, 0.3) is 11.5 Å². The highest BCUT2D eigenvalue weighted by atomic mass is 32.1. The quantitative estimate of drug-likeness (QED) is 0.906. The van der Waals surface area contributed by atoms with Crippen LogP contribution in [0.1, 0.15) is 46.8 Å². The monoisotopic (exact) mass is 318 g/mol. The number of aromatic nitrogens is 3. The highest BCUT2D eigenvalue weighted by molar-refractivity contribution is 7.12. The second kappa shape index (κ2) is 6.23. The second-order valence-corrected chi connectivity index (χ2v) is 6.80. The molecule has 7 heteroatoms. The number of nitrogens with one attached hydrogen (secondary N) is 2. The molecule has 2 rings (SSSR count). The molecule has 1 amide bonds. The number of aromatic amines is 1. The lowest BCUT2D eigenvalue weighted by atomic mass is 9.98. The van der Waals surface area contributed by atoms with E-state index < -0.39 is 11.5 Å². The van der Waals surface area contributed by atoms with Crippen molar-refractivity contribution in [2.24, 2.45) is 0 Å². The molecule has 116 valence electrons. The minimum atomic E-state index is -0.464. The van der Waals surface area contributed by atoms with E-state index in [1.165, 1.54) is 13.2 Å². The van der Waals surface area contributed by atoms with Crippen LogP contribution in [-0.2, 0) is 5.41 Å². The molecule has 0 atom stereocenters. The van der Waals surface area contributed by atoms with Gasteiger partial charge < -0.3 is 10.3 Å². The first-order chi connectivity index (χ1) is 10.3. The molecule has 0 aliphatic rings. The summed E-state index contributed by atoms with van der Waals surface area (Å²) >= 11 is 1.59. The van der Waals surface area contributed by atoms with Crippen LogP contribution in [0.25, 0.3) is 12.2 Å². The Bertz CT molecular complexity index is 768. The molecule has 0 unspecified atom stereocenters. The van der Waals surface area contributed by atoms with Gasteiger partial charge in [-0.2, -0.15) is 0 Å². The Hall–Kier alpha value is -2.28. The number of carbonyl (C=O) groups is 1. The van der Waals surface area contributed by atoms with Crippen molar-refractivity contribution in [3.8, 4) is 0 Å². The standard InChI is InChI=1S/C15H18N4O2S/c1-15(2,3)14-18-7-9(22-14)5-6-11-17-8-10(12(20)16-4)13(21)19-11/h5-8H,1-4H3,(H,16,20)(H,17,19,21). The number of nitrogens with zero attached hydrogens (tertiary/aromatic N) is 2. The van der Waals surface area contributed by atoms with Crippen LogP contribution in [0, 0.1) is 0 Å². The average molecular weight is 318 g/mol. The highest BCUT2D eigenvalue weighted by Crippen LogP contribution is 2.27. The number of thiazole rings is 1. The molecule has 2 aromatic rings. The largest absolute Gasteiger partial charge is 0.355 e. The van der Waals surface area contributed by atoms with Crippen LogP contribution < -0.4 is 10.9 Å². The lowest BCUT2D eigenvalue weighted by Gasteiger charge is -2.13. The average Bonchev–Trinajstić information content (AvgIpc) is 2.93. The molecule has 2 aromatic heterocycles. The Morgan fingerprint density at radius 1 is 1.27 bits per heavy atom. The summed E-state index contributed by atoms with van der Waals surface area (Å²) in [7, 11) is 1.46. The molecule has 6 nitrogen and oxygen atoms in total. The van der Waals surface area contributed by atoms with Gasteiger partial charge in [-0.25, -0.2) is 9.97 Å². The molecule has 2 N–H and O–H groups in total. The zero-order valence-corrected chi connectivity index (χ0v) is 13.7. The Kier molecular flexibility index (Phi) is 4.56. The smallest absolute Gasteiger partial charge is 0.263 e. The Balaban J connectivity index is 2.20. The fraction of sp³-hybridized carbons (Fsp3) is 0.333. The summed E-state index contributed by atoms with van der Waals surface area (Å²) in [6, 6.07) is 0.